The Bertz CT molecular complexity index is 51.3. The lowest BCUT2D eigenvalue weighted by Gasteiger charge is -1.98. The van der Waals surface area contributed by atoms with Crippen molar-refractivity contribution in [1.29, 1.82) is 0 Å². The lowest BCUT2D eigenvalue weighted by Crippen LogP contribution is -1.99. The average Bonchev–Trinajstić information content (AvgIpc) is 2.06. The molecular formula is C8H20O3. The van der Waals surface area contributed by atoms with E-state index in [4.69, 9.17) is 10.2 Å². The molecule has 0 radical (unpaired) electrons. The van der Waals surface area contributed by atoms with Gasteiger partial charge in [-0.25, -0.2) is 0 Å². The van der Waals surface area contributed by atoms with E-state index in [1.165, 1.54) is 0 Å². The standard InChI is InChI=1S/C5H12O.C3H8O2/c1-3-5(6)4-2;1-5-3-2-4/h5-6H,3-4H2,1-2H3;4H,2-3H2,1H3. The average molecular weight is 164 g/mol. The second-order valence-corrected chi connectivity index (χ2v) is 2.19. The molecule has 2 N–H and O–H groups in total. The van der Waals surface area contributed by atoms with E-state index in [9.17, 15) is 0 Å². The summed E-state index contributed by atoms with van der Waals surface area (Å²) in [6.45, 7) is 4.53. The van der Waals surface area contributed by atoms with E-state index < -0.39 is 0 Å². The summed E-state index contributed by atoms with van der Waals surface area (Å²) in [6, 6.07) is 0. The van der Waals surface area contributed by atoms with Crippen LogP contribution < -0.4 is 0 Å². The minimum atomic E-state index is -0.0648. The molecule has 0 heterocycles. The van der Waals surface area contributed by atoms with Gasteiger partial charge in [-0.05, 0) is 12.8 Å². The van der Waals surface area contributed by atoms with Crippen LogP contribution in [-0.4, -0.2) is 36.6 Å². The molecule has 0 aromatic heterocycles. The summed E-state index contributed by atoms with van der Waals surface area (Å²) in [6.07, 6.45) is 1.71. The normalized spacial score (nSPS) is 9.27. The predicted molar refractivity (Wildman–Crippen MR) is 45.6 cm³/mol. The van der Waals surface area contributed by atoms with E-state index in [2.05, 4.69) is 4.74 Å². The van der Waals surface area contributed by atoms with Crippen molar-refractivity contribution in [3.63, 3.8) is 0 Å². The molecule has 11 heavy (non-hydrogen) atoms. The van der Waals surface area contributed by atoms with Crippen molar-refractivity contribution in [3.05, 3.63) is 0 Å². The van der Waals surface area contributed by atoms with Crippen LogP contribution in [-0.2, 0) is 4.74 Å². The maximum Gasteiger partial charge on any atom is 0.0693 e. The van der Waals surface area contributed by atoms with Gasteiger partial charge >= 0.3 is 0 Å². The first-order valence-corrected chi connectivity index (χ1v) is 4.00. The molecule has 3 heteroatoms. The van der Waals surface area contributed by atoms with Crippen LogP contribution in [0.4, 0.5) is 0 Å². The first kappa shape index (κ1) is 13.5. The fourth-order valence-electron chi connectivity index (χ4n) is 0.380. The quantitative estimate of drug-likeness (QED) is 0.646. The van der Waals surface area contributed by atoms with Crippen molar-refractivity contribution >= 4 is 0 Å². The summed E-state index contributed by atoms with van der Waals surface area (Å²) >= 11 is 0. The number of aliphatic hydroxyl groups excluding tert-OH is 2. The maximum atomic E-state index is 8.67. The highest BCUT2D eigenvalue weighted by molar-refractivity contribution is 4.43. The highest BCUT2D eigenvalue weighted by Crippen LogP contribution is 1.91. The number of methoxy groups -OCH3 is 1. The highest BCUT2D eigenvalue weighted by Gasteiger charge is 1.90. The third-order valence-corrected chi connectivity index (χ3v) is 1.24. The molecule has 0 aliphatic heterocycles. The van der Waals surface area contributed by atoms with Crippen LogP contribution in [0.5, 0.6) is 0 Å². The van der Waals surface area contributed by atoms with Crippen LogP contribution in [0.2, 0.25) is 0 Å². The van der Waals surface area contributed by atoms with E-state index >= 15 is 0 Å². The third kappa shape index (κ3) is 17.7. The smallest absolute Gasteiger partial charge is 0.0693 e. The van der Waals surface area contributed by atoms with Gasteiger partial charge < -0.3 is 14.9 Å². The van der Waals surface area contributed by atoms with Crippen molar-refractivity contribution in [1.82, 2.24) is 0 Å². The lowest BCUT2D eigenvalue weighted by molar-refractivity contribution is 0.135. The van der Waals surface area contributed by atoms with E-state index in [-0.39, 0.29) is 12.7 Å². The van der Waals surface area contributed by atoms with Gasteiger partial charge in [0, 0.05) is 7.11 Å². The summed E-state index contributed by atoms with van der Waals surface area (Å²) in [5.74, 6) is 0. The Morgan fingerprint density at radius 3 is 1.73 bits per heavy atom. The summed E-state index contributed by atoms with van der Waals surface area (Å²) in [7, 11) is 1.55. The summed E-state index contributed by atoms with van der Waals surface area (Å²) in [5, 5.41) is 16.6. The monoisotopic (exact) mass is 164 g/mol. The van der Waals surface area contributed by atoms with Crippen LogP contribution in [0.25, 0.3) is 0 Å². The fourth-order valence-corrected chi connectivity index (χ4v) is 0.380. The summed E-state index contributed by atoms with van der Waals surface area (Å²) < 4.78 is 4.44. The number of ether oxygens (including phenoxy) is 1. The van der Waals surface area contributed by atoms with Crippen molar-refractivity contribution < 1.29 is 14.9 Å². The molecule has 0 fully saturated rings. The molecule has 0 saturated carbocycles. The van der Waals surface area contributed by atoms with Crippen LogP contribution >= 0.6 is 0 Å². The van der Waals surface area contributed by atoms with Gasteiger partial charge in [0.2, 0.25) is 0 Å². The molecule has 0 atom stereocenters. The van der Waals surface area contributed by atoms with Crippen molar-refractivity contribution in [3.8, 4) is 0 Å². The van der Waals surface area contributed by atoms with E-state index in [1.54, 1.807) is 7.11 Å². The van der Waals surface area contributed by atoms with Gasteiger partial charge in [0.25, 0.3) is 0 Å². The minimum absolute atomic E-state index is 0.0648. The highest BCUT2D eigenvalue weighted by atomic mass is 16.5. The van der Waals surface area contributed by atoms with Gasteiger partial charge in [-0.1, -0.05) is 13.8 Å². The van der Waals surface area contributed by atoms with Crippen LogP contribution in [0.1, 0.15) is 26.7 Å². The molecule has 0 aliphatic carbocycles. The Balaban J connectivity index is 0. The van der Waals surface area contributed by atoms with Gasteiger partial charge in [0.1, 0.15) is 0 Å². The molecule has 0 rings (SSSR count). The van der Waals surface area contributed by atoms with Gasteiger partial charge in [0.15, 0.2) is 0 Å². The molecule has 0 spiro atoms. The van der Waals surface area contributed by atoms with Gasteiger partial charge in [-0.2, -0.15) is 0 Å². The molecule has 0 unspecified atom stereocenters. The molecule has 0 amide bonds. The summed E-state index contributed by atoms with van der Waals surface area (Å²) in [4.78, 5) is 0. The third-order valence-electron chi connectivity index (χ3n) is 1.24. The topological polar surface area (TPSA) is 49.7 Å². The fraction of sp³-hybridized carbons (Fsp3) is 1.00. The number of rotatable bonds is 4. The van der Waals surface area contributed by atoms with Crippen molar-refractivity contribution in [2.24, 2.45) is 0 Å². The number of hydrogen-bond acceptors (Lipinski definition) is 3. The van der Waals surface area contributed by atoms with E-state index in [1.807, 2.05) is 13.8 Å². The zero-order valence-electron chi connectivity index (χ0n) is 7.71. The Kier molecular flexibility index (Phi) is 15.4. The zero-order chi connectivity index (χ0) is 9.11. The lowest BCUT2D eigenvalue weighted by atomic mass is 10.2. The second-order valence-electron chi connectivity index (χ2n) is 2.19. The van der Waals surface area contributed by atoms with E-state index in [0.717, 1.165) is 12.8 Å². The second kappa shape index (κ2) is 12.5. The van der Waals surface area contributed by atoms with Gasteiger partial charge in [-0.15, -0.1) is 0 Å². The van der Waals surface area contributed by atoms with Gasteiger partial charge in [0.05, 0.1) is 19.3 Å². The predicted octanol–water partition coefficient (Wildman–Crippen LogP) is 0.792. The molecule has 3 nitrogen and oxygen atoms in total. The molecule has 0 aromatic rings. The molecular weight excluding hydrogens is 144 g/mol. The Hall–Kier alpha value is -0.120. The molecule has 0 aromatic carbocycles. The first-order chi connectivity index (χ1) is 5.22. The molecule has 0 aliphatic rings. The molecule has 70 valence electrons. The maximum absolute atomic E-state index is 8.67. The first-order valence-electron chi connectivity index (χ1n) is 4.00. The zero-order valence-corrected chi connectivity index (χ0v) is 7.71. The summed E-state index contributed by atoms with van der Waals surface area (Å²) in [5.41, 5.74) is 0. The Morgan fingerprint density at radius 2 is 1.73 bits per heavy atom. The number of hydrogen-bond donors (Lipinski definition) is 2. The van der Waals surface area contributed by atoms with Crippen LogP contribution in [0, 0.1) is 0 Å². The largest absolute Gasteiger partial charge is 0.394 e. The molecule has 0 saturated heterocycles. The minimum Gasteiger partial charge on any atom is -0.394 e. The molecule has 0 bridgehead atoms. The Morgan fingerprint density at radius 1 is 1.27 bits per heavy atom. The SMILES string of the molecule is CCC(O)CC.COCCO. The van der Waals surface area contributed by atoms with Crippen LogP contribution in [0.15, 0.2) is 0 Å². The van der Waals surface area contributed by atoms with Crippen molar-refractivity contribution in [2.75, 3.05) is 20.3 Å². The van der Waals surface area contributed by atoms with Crippen molar-refractivity contribution in [2.45, 2.75) is 32.8 Å². The van der Waals surface area contributed by atoms with Gasteiger partial charge in [-0.3, -0.25) is 0 Å². The van der Waals surface area contributed by atoms with E-state index in [0.29, 0.717) is 6.61 Å². The Labute approximate surface area is 69.0 Å². The number of aliphatic hydroxyl groups is 2. The van der Waals surface area contributed by atoms with Crippen LogP contribution in [0.3, 0.4) is 0 Å².